The van der Waals surface area contributed by atoms with Gasteiger partial charge < -0.3 is 4.98 Å². The van der Waals surface area contributed by atoms with Gasteiger partial charge in [0.1, 0.15) is 0 Å². The summed E-state index contributed by atoms with van der Waals surface area (Å²) in [6.45, 7) is 2.26. The van der Waals surface area contributed by atoms with Crippen molar-refractivity contribution in [2.75, 3.05) is 0 Å². The van der Waals surface area contributed by atoms with Crippen LogP contribution in [0.2, 0.25) is 0 Å². The van der Waals surface area contributed by atoms with Gasteiger partial charge in [-0.25, -0.2) is 0 Å². The summed E-state index contributed by atoms with van der Waals surface area (Å²) >= 11 is 0. The molecule has 124 valence electrons. The lowest BCUT2D eigenvalue weighted by molar-refractivity contribution is 0.615. The maximum Gasteiger partial charge on any atom is 0.0147 e. The summed E-state index contributed by atoms with van der Waals surface area (Å²) < 4.78 is 0. The quantitative estimate of drug-likeness (QED) is 0.282. The minimum Gasteiger partial charge on any atom is -0.365 e. The minimum atomic E-state index is 1.11. The summed E-state index contributed by atoms with van der Waals surface area (Å²) in [5.41, 5.74) is 1.38. The first-order chi connectivity index (χ1) is 10.9. The van der Waals surface area contributed by atoms with Gasteiger partial charge in [0.15, 0.2) is 0 Å². The molecule has 0 bridgehead atoms. The summed E-state index contributed by atoms with van der Waals surface area (Å²) in [4.78, 5) is 3.27. The molecule has 1 aromatic heterocycles. The van der Waals surface area contributed by atoms with Crippen LogP contribution >= 0.6 is 0 Å². The minimum absolute atomic E-state index is 1.11. The second kappa shape index (κ2) is 14.7. The molecular weight excluding hydrogens is 266 g/mol. The molecule has 1 N–H and O–H groups in total. The number of rotatable bonds is 14. The van der Waals surface area contributed by atoms with Crippen LogP contribution < -0.4 is 0 Å². The Hall–Kier alpha value is -1.24. The smallest absolute Gasteiger partial charge is 0.0147 e. The van der Waals surface area contributed by atoms with E-state index in [1.54, 1.807) is 0 Å². The van der Waals surface area contributed by atoms with E-state index in [0.29, 0.717) is 0 Å². The molecule has 0 aliphatic rings. The van der Waals surface area contributed by atoms with Gasteiger partial charge in [0.25, 0.3) is 0 Å². The van der Waals surface area contributed by atoms with Crippen LogP contribution in [0.25, 0.3) is 0 Å². The van der Waals surface area contributed by atoms with E-state index in [4.69, 9.17) is 0 Å². The fourth-order valence-electron chi connectivity index (χ4n) is 2.65. The molecule has 0 atom stereocenters. The number of hydrogen-bond acceptors (Lipinski definition) is 0. The van der Waals surface area contributed by atoms with Crippen LogP contribution in [-0.4, -0.2) is 4.98 Å². The van der Waals surface area contributed by atoms with Crippen molar-refractivity contribution >= 4 is 0 Å². The van der Waals surface area contributed by atoms with Crippen molar-refractivity contribution in [3.8, 4) is 0 Å². The van der Waals surface area contributed by atoms with Gasteiger partial charge in [-0.2, -0.15) is 0 Å². The van der Waals surface area contributed by atoms with E-state index < -0.39 is 0 Å². The Morgan fingerprint density at radius 3 is 2.18 bits per heavy atom. The number of aromatic amines is 1. The molecule has 1 heterocycles. The zero-order valence-corrected chi connectivity index (χ0v) is 14.5. The van der Waals surface area contributed by atoms with Crippen LogP contribution in [-0.2, 0) is 6.42 Å². The summed E-state index contributed by atoms with van der Waals surface area (Å²) in [6.07, 6.45) is 27.0. The second-order valence-electron chi connectivity index (χ2n) is 6.18. The largest absolute Gasteiger partial charge is 0.365 e. The highest BCUT2D eigenvalue weighted by molar-refractivity contribution is 5.03. The van der Waals surface area contributed by atoms with Gasteiger partial charge >= 0.3 is 0 Å². The number of hydrogen-bond donors (Lipinski definition) is 1. The molecule has 0 radical (unpaired) electrons. The first-order valence-electron chi connectivity index (χ1n) is 9.35. The molecule has 0 aliphatic carbocycles. The average molecular weight is 302 g/mol. The van der Waals surface area contributed by atoms with Crippen LogP contribution in [0.3, 0.4) is 0 Å². The zero-order valence-electron chi connectivity index (χ0n) is 14.5. The Morgan fingerprint density at radius 1 is 0.818 bits per heavy atom. The van der Waals surface area contributed by atoms with E-state index >= 15 is 0 Å². The van der Waals surface area contributed by atoms with Crippen molar-refractivity contribution in [2.24, 2.45) is 0 Å². The molecule has 1 rings (SSSR count). The van der Waals surface area contributed by atoms with Gasteiger partial charge in [0, 0.05) is 11.9 Å². The third kappa shape index (κ3) is 11.4. The van der Waals surface area contributed by atoms with E-state index in [0.717, 1.165) is 6.42 Å². The lowest BCUT2D eigenvalue weighted by atomic mass is 10.1. The molecule has 0 amide bonds. The van der Waals surface area contributed by atoms with Crippen LogP contribution in [0, 0.1) is 0 Å². The van der Waals surface area contributed by atoms with Crippen molar-refractivity contribution in [3.05, 3.63) is 48.3 Å². The number of unbranched alkanes of at least 4 members (excludes halogenated alkanes) is 8. The Labute approximate surface area is 137 Å². The van der Waals surface area contributed by atoms with Crippen LogP contribution in [0.15, 0.2) is 42.6 Å². The Balaban J connectivity index is 1.79. The summed E-state index contributed by atoms with van der Waals surface area (Å²) in [7, 11) is 0. The van der Waals surface area contributed by atoms with E-state index in [-0.39, 0.29) is 0 Å². The molecule has 22 heavy (non-hydrogen) atoms. The molecule has 1 aromatic rings. The fraction of sp³-hybridized carbons (Fsp3) is 0.619. The standard InChI is InChI=1S/C21H35N/c1-2-3-4-5-6-7-8-9-10-11-12-13-14-15-16-18-21-19-17-20-22-21/h6-7,9-10,17,19-20,22H,2-5,8,11-16,18H2,1H3. The van der Waals surface area contributed by atoms with E-state index in [9.17, 15) is 0 Å². The summed E-state index contributed by atoms with van der Waals surface area (Å²) in [6, 6.07) is 4.27. The number of nitrogens with one attached hydrogen (secondary N) is 1. The number of H-pyrrole nitrogens is 1. The molecule has 0 aliphatic heterocycles. The first kappa shape index (κ1) is 18.8. The Bertz CT molecular complexity index is 373. The van der Waals surface area contributed by atoms with E-state index in [2.05, 4.69) is 48.3 Å². The van der Waals surface area contributed by atoms with E-state index in [1.165, 1.54) is 76.3 Å². The van der Waals surface area contributed by atoms with Crippen molar-refractivity contribution in [1.82, 2.24) is 4.98 Å². The van der Waals surface area contributed by atoms with Crippen LogP contribution in [0.4, 0.5) is 0 Å². The number of aromatic nitrogens is 1. The van der Waals surface area contributed by atoms with E-state index in [1.807, 2.05) is 6.20 Å². The molecule has 0 aromatic carbocycles. The molecule has 0 saturated carbocycles. The van der Waals surface area contributed by atoms with Gasteiger partial charge in [-0.15, -0.1) is 0 Å². The molecule has 0 unspecified atom stereocenters. The predicted molar refractivity (Wildman–Crippen MR) is 99.2 cm³/mol. The van der Waals surface area contributed by atoms with Crippen molar-refractivity contribution in [1.29, 1.82) is 0 Å². The molecule has 1 heteroatoms. The highest BCUT2D eigenvalue weighted by Gasteiger charge is 1.93. The zero-order chi connectivity index (χ0) is 15.7. The highest BCUT2D eigenvalue weighted by atomic mass is 14.7. The fourth-order valence-corrected chi connectivity index (χ4v) is 2.65. The number of allylic oxidation sites excluding steroid dienone is 4. The Kier molecular flexibility index (Phi) is 12.6. The van der Waals surface area contributed by atoms with Crippen LogP contribution in [0.1, 0.15) is 83.2 Å². The van der Waals surface area contributed by atoms with Gasteiger partial charge in [-0.1, -0.05) is 63.3 Å². The topological polar surface area (TPSA) is 15.8 Å². The van der Waals surface area contributed by atoms with Crippen molar-refractivity contribution in [3.63, 3.8) is 0 Å². The van der Waals surface area contributed by atoms with Gasteiger partial charge in [0.2, 0.25) is 0 Å². The number of aryl methyl sites for hydroxylation is 1. The molecule has 0 fully saturated rings. The normalized spacial score (nSPS) is 11.9. The monoisotopic (exact) mass is 301 g/mol. The maximum absolute atomic E-state index is 3.27. The molecule has 0 saturated heterocycles. The van der Waals surface area contributed by atoms with Gasteiger partial charge in [-0.05, 0) is 57.1 Å². The van der Waals surface area contributed by atoms with Gasteiger partial charge in [0.05, 0.1) is 0 Å². The SMILES string of the molecule is CCCCCC=CCC=CCCCCCCCc1ccc[nH]1. The summed E-state index contributed by atoms with van der Waals surface area (Å²) in [5.74, 6) is 0. The predicted octanol–water partition coefficient (Wildman–Crippen LogP) is 6.98. The van der Waals surface area contributed by atoms with Crippen molar-refractivity contribution in [2.45, 2.75) is 84.0 Å². The van der Waals surface area contributed by atoms with Crippen molar-refractivity contribution < 1.29 is 0 Å². The molecular formula is C21H35N. The second-order valence-corrected chi connectivity index (χ2v) is 6.18. The summed E-state index contributed by atoms with van der Waals surface area (Å²) in [5, 5.41) is 0. The molecule has 1 nitrogen and oxygen atoms in total. The van der Waals surface area contributed by atoms with Gasteiger partial charge in [-0.3, -0.25) is 0 Å². The molecule has 0 spiro atoms. The maximum atomic E-state index is 3.27. The lowest BCUT2D eigenvalue weighted by Gasteiger charge is -1.99. The lowest BCUT2D eigenvalue weighted by Crippen LogP contribution is -1.85. The average Bonchev–Trinajstić information content (AvgIpc) is 3.04. The highest BCUT2D eigenvalue weighted by Crippen LogP contribution is 2.09. The Morgan fingerprint density at radius 2 is 1.50 bits per heavy atom. The first-order valence-corrected chi connectivity index (χ1v) is 9.35. The third-order valence-corrected chi connectivity index (χ3v) is 4.06. The third-order valence-electron chi connectivity index (χ3n) is 4.06. The van der Waals surface area contributed by atoms with Crippen LogP contribution in [0.5, 0.6) is 0 Å².